The van der Waals surface area contributed by atoms with Crippen LogP contribution in [-0.4, -0.2) is 53.5 Å². The van der Waals surface area contributed by atoms with Crippen LogP contribution >= 0.6 is 0 Å². The average molecular weight is 300 g/mol. The number of carbonyl (C=O) groups excluding carboxylic acids is 1. The largest absolute Gasteiger partial charge is 0.465 e. The average Bonchev–Trinajstić information content (AvgIpc) is 2.77. The van der Waals surface area contributed by atoms with Gasteiger partial charge in [0.15, 0.2) is 0 Å². The SMILES string of the molecule is COC(=O)c1cc(N2CC(O)C(O)C2)c([N+](=O)[O-])cc1F. The van der Waals surface area contributed by atoms with Crippen LogP contribution < -0.4 is 4.90 Å². The molecule has 2 unspecified atom stereocenters. The summed E-state index contributed by atoms with van der Waals surface area (Å²) >= 11 is 0. The van der Waals surface area contributed by atoms with Crippen molar-refractivity contribution >= 4 is 17.3 Å². The van der Waals surface area contributed by atoms with E-state index in [9.17, 15) is 29.5 Å². The lowest BCUT2D eigenvalue weighted by Crippen LogP contribution is -2.23. The number of carbonyl (C=O) groups is 1. The molecule has 2 N–H and O–H groups in total. The Morgan fingerprint density at radius 1 is 1.43 bits per heavy atom. The number of nitro groups is 1. The van der Waals surface area contributed by atoms with Gasteiger partial charge in [-0.2, -0.15) is 0 Å². The Labute approximate surface area is 118 Å². The molecular weight excluding hydrogens is 287 g/mol. The van der Waals surface area contributed by atoms with Crippen molar-refractivity contribution in [3.05, 3.63) is 33.6 Å². The van der Waals surface area contributed by atoms with E-state index in [4.69, 9.17) is 0 Å². The van der Waals surface area contributed by atoms with E-state index in [2.05, 4.69) is 4.74 Å². The van der Waals surface area contributed by atoms with Crippen LogP contribution in [0.25, 0.3) is 0 Å². The number of halogens is 1. The third-order valence-electron chi connectivity index (χ3n) is 3.27. The maximum Gasteiger partial charge on any atom is 0.340 e. The number of anilines is 1. The minimum atomic E-state index is -1.07. The zero-order chi connectivity index (χ0) is 15.7. The standard InChI is InChI=1S/C12H13FN2O6/c1-21-12(18)6-2-8(9(15(19)20)3-7(6)13)14-4-10(16)11(17)5-14/h2-3,10-11,16-17H,4-5H2,1H3. The molecule has 0 spiro atoms. The Kier molecular flexibility index (Phi) is 4.05. The number of ether oxygens (including phenoxy) is 1. The number of benzene rings is 1. The summed E-state index contributed by atoms with van der Waals surface area (Å²) in [6.45, 7) is -0.123. The third-order valence-corrected chi connectivity index (χ3v) is 3.27. The highest BCUT2D eigenvalue weighted by Crippen LogP contribution is 2.33. The van der Waals surface area contributed by atoms with Crippen LogP contribution in [0, 0.1) is 15.9 Å². The number of aliphatic hydroxyl groups excluding tert-OH is 2. The molecule has 0 saturated carbocycles. The first-order chi connectivity index (χ1) is 9.85. The molecule has 1 aromatic rings. The summed E-state index contributed by atoms with van der Waals surface area (Å²) in [4.78, 5) is 23.0. The molecular formula is C12H13FN2O6. The van der Waals surface area contributed by atoms with Gasteiger partial charge in [-0.15, -0.1) is 0 Å². The Morgan fingerprint density at radius 2 is 2.00 bits per heavy atom. The topological polar surface area (TPSA) is 113 Å². The Hall–Kier alpha value is -2.26. The van der Waals surface area contributed by atoms with Crippen LogP contribution in [0.4, 0.5) is 15.8 Å². The van der Waals surface area contributed by atoms with Gasteiger partial charge >= 0.3 is 5.97 Å². The van der Waals surface area contributed by atoms with Gasteiger partial charge in [-0.1, -0.05) is 0 Å². The van der Waals surface area contributed by atoms with Crippen LogP contribution in [0.15, 0.2) is 12.1 Å². The number of nitrogens with zero attached hydrogens (tertiary/aromatic N) is 2. The number of methoxy groups -OCH3 is 1. The zero-order valence-electron chi connectivity index (χ0n) is 11.0. The molecule has 0 aliphatic carbocycles. The second-order valence-electron chi connectivity index (χ2n) is 4.61. The van der Waals surface area contributed by atoms with E-state index >= 15 is 0 Å². The molecule has 0 amide bonds. The van der Waals surface area contributed by atoms with Gasteiger partial charge in [-0.25, -0.2) is 9.18 Å². The highest BCUT2D eigenvalue weighted by molar-refractivity contribution is 5.92. The minimum Gasteiger partial charge on any atom is -0.465 e. The number of hydrogen-bond acceptors (Lipinski definition) is 7. The lowest BCUT2D eigenvalue weighted by atomic mass is 10.1. The fraction of sp³-hybridized carbons (Fsp3) is 0.417. The van der Waals surface area contributed by atoms with Gasteiger partial charge in [-0.05, 0) is 6.07 Å². The van der Waals surface area contributed by atoms with Gasteiger partial charge in [0.25, 0.3) is 5.69 Å². The summed E-state index contributed by atoms with van der Waals surface area (Å²) in [5, 5.41) is 30.0. The molecule has 2 rings (SSSR count). The first-order valence-corrected chi connectivity index (χ1v) is 6.02. The first-order valence-electron chi connectivity index (χ1n) is 6.02. The summed E-state index contributed by atoms with van der Waals surface area (Å²) < 4.78 is 18.2. The minimum absolute atomic E-state index is 0.0580. The van der Waals surface area contributed by atoms with Crippen molar-refractivity contribution in [3.63, 3.8) is 0 Å². The predicted molar refractivity (Wildman–Crippen MR) is 68.6 cm³/mol. The molecule has 1 saturated heterocycles. The summed E-state index contributed by atoms with van der Waals surface area (Å²) in [6, 6.07) is 1.61. The zero-order valence-corrected chi connectivity index (χ0v) is 11.0. The van der Waals surface area contributed by atoms with Crippen LogP contribution in [0.2, 0.25) is 0 Å². The van der Waals surface area contributed by atoms with Crippen molar-refractivity contribution < 1.29 is 29.1 Å². The van der Waals surface area contributed by atoms with Gasteiger partial charge < -0.3 is 19.8 Å². The molecule has 21 heavy (non-hydrogen) atoms. The van der Waals surface area contributed by atoms with Crippen LogP contribution in [0.1, 0.15) is 10.4 Å². The Bertz CT molecular complexity index is 583. The number of esters is 1. The van der Waals surface area contributed by atoms with Crippen LogP contribution in [0.3, 0.4) is 0 Å². The van der Waals surface area contributed by atoms with Crippen LogP contribution in [0.5, 0.6) is 0 Å². The van der Waals surface area contributed by atoms with E-state index in [1.54, 1.807) is 0 Å². The maximum atomic E-state index is 13.7. The smallest absolute Gasteiger partial charge is 0.340 e. The quantitative estimate of drug-likeness (QED) is 0.461. The van der Waals surface area contributed by atoms with E-state index in [1.807, 2.05) is 0 Å². The van der Waals surface area contributed by atoms with E-state index in [0.29, 0.717) is 6.07 Å². The van der Waals surface area contributed by atoms with Crippen molar-refractivity contribution in [2.24, 2.45) is 0 Å². The molecule has 1 aliphatic rings. The monoisotopic (exact) mass is 300 g/mol. The fourth-order valence-corrected chi connectivity index (χ4v) is 2.18. The van der Waals surface area contributed by atoms with Crippen molar-refractivity contribution in [2.75, 3.05) is 25.1 Å². The lowest BCUT2D eigenvalue weighted by molar-refractivity contribution is -0.384. The molecule has 9 heteroatoms. The second-order valence-corrected chi connectivity index (χ2v) is 4.61. The molecule has 1 aromatic carbocycles. The van der Waals surface area contributed by atoms with E-state index in [1.165, 1.54) is 4.90 Å². The highest BCUT2D eigenvalue weighted by atomic mass is 19.1. The fourth-order valence-electron chi connectivity index (χ4n) is 2.18. The molecule has 1 aliphatic heterocycles. The van der Waals surface area contributed by atoms with Gasteiger partial charge in [0.05, 0.1) is 35.9 Å². The van der Waals surface area contributed by atoms with Gasteiger partial charge in [0, 0.05) is 13.1 Å². The van der Waals surface area contributed by atoms with Crippen LogP contribution in [-0.2, 0) is 4.74 Å². The summed E-state index contributed by atoms with van der Waals surface area (Å²) in [5.74, 6) is -2.04. The van der Waals surface area contributed by atoms with E-state index in [-0.39, 0.29) is 18.8 Å². The van der Waals surface area contributed by atoms with Gasteiger partial charge in [0.2, 0.25) is 0 Å². The molecule has 0 bridgehead atoms. The van der Waals surface area contributed by atoms with Crippen molar-refractivity contribution in [3.8, 4) is 0 Å². The molecule has 1 fully saturated rings. The lowest BCUT2D eigenvalue weighted by Gasteiger charge is -2.18. The molecule has 114 valence electrons. The number of rotatable bonds is 3. The molecule has 8 nitrogen and oxygen atoms in total. The number of aliphatic hydroxyl groups is 2. The second kappa shape index (κ2) is 5.62. The maximum absolute atomic E-state index is 13.7. The Morgan fingerprint density at radius 3 is 2.48 bits per heavy atom. The van der Waals surface area contributed by atoms with E-state index in [0.717, 1.165) is 13.2 Å². The highest BCUT2D eigenvalue weighted by Gasteiger charge is 2.34. The van der Waals surface area contributed by atoms with Crippen molar-refractivity contribution in [1.29, 1.82) is 0 Å². The predicted octanol–water partition coefficient (Wildman–Crippen LogP) is 0.0623. The summed E-state index contributed by atoms with van der Waals surface area (Å²) in [5.41, 5.74) is -1.06. The normalized spacial score (nSPS) is 21.4. The third kappa shape index (κ3) is 2.78. The van der Waals surface area contributed by atoms with Crippen molar-refractivity contribution in [1.82, 2.24) is 0 Å². The molecule has 2 atom stereocenters. The van der Waals surface area contributed by atoms with Crippen molar-refractivity contribution in [2.45, 2.75) is 12.2 Å². The molecule has 0 aromatic heterocycles. The van der Waals surface area contributed by atoms with E-state index < -0.39 is 40.2 Å². The Balaban J connectivity index is 2.51. The van der Waals surface area contributed by atoms with Gasteiger partial charge in [-0.3, -0.25) is 10.1 Å². The summed E-state index contributed by atoms with van der Waals surface area (Å²) in [6.07, 6.45) is -2.15. The summed E-state index contributed by atoms with van der Waals surface area (Å²) in [7, 11) is 1.06. The first kappa shape index (κ1) is 15.1. The number of nitro benzene ring substituents is 1. The van der Waals surface area contributed by atoms with Gasteiger partial charge in [0.1, 0.15) is 11.5 Å². The number of β-amino-alcohol motifs (C(OH)–C–C–N with tert-alkyl or cyclic N) is 2. The molecule has 0 radical (unpaired) electrons. The molecule has 1 heterocycles. The number of hydrogen-bond donors (Lipinski definition) is 2.